The number of anilines is 1. The van der Waals surface area contributed by atoms with E-state index >= 15 is 0 Å². The predicted molar refractivity (Wildman–Crippen MR) is 73.8 cm³/mol. The van der Waals surface area contributed by atoms with Crippen LogP contribution in [0.2, 0.25) is 0 Å². The summed E-state index contributed by atoms with van der Waals surface area (Å²) in [6, 6.07) is 0. The van der Waals surface area contributed by atoms with Crippen LogP contribution in [0.1, 0.15) is 39.3 Å². The van der Waals surface area contributed by atoms with Crippen molar-refractivity contribution < 1.29 is 14.8 Å². The van der Waals surface area contributed by atoms with Gasteiger partial charge in [-0.2, -0.15) is 5.10 Å². The molecule has 1 heterocycles. The first-order valence-electron chi connectivity index (χ1n) is 6.48. The summed E-state index contributed by atoms with van der Waals surface area (Å²) in [4.78, 5) is 22.1. The van der Waals surface area contributed by atoms with Crippen LogP contribution in [0.25, 0.3) is 0 Å². The highest BCUT2D eigenvalue weighted by molar-refractivity contribution is 5.83. The van der Waals surface area contributed by atoms with E-state index < -0.39 is 16.4 Å². The van der Waals surface area contributed by atoms with Crippen LogP contribution < -0.4 is 5.32 Å². The molecule has 0 radical (unpaired) electrons. The van der Waals surface area contributed by atoms with Crippen LogP contribution in [0.5, 0.6) is 0 Å². The molecule has 1 aromatic heterocycles. The van der Waals surface area contributed by atoms with E-state index in [0.29, 0.717) is 25.0 Å². The van der Waals surface area contributed by atoms with Crippen LogP contribution >= 0.6 is 0 Å². The lowest BCUT2D eigenvalue weighted by atomic mass is 9.96. The molecule has 0 fully saturated rings. The molecule has 0 bridgehead atoms. The number of rotatable bonds is 7. The maximum absolute atomic E-state index is 11.4. The van der Waals surface area contributed by atoms with E-state index in [1.807, 2.05) is 6.92 Å². The Hall–Kier alpha value is -2.12. The van der Waals surface area contributed by atoms with Crippen molar-refractivity contribution >= 4 is 17.5 Å². The van der Waals surface area contributed by atoms with Crippen LogP contribution in [-0.4, -0.2) is 31.3 Å². The number of nitro groups is 1. The minimum Gasteiger partial charge on any atom is -0.480 e. The fraction of sp³-hybridized carbons (Fsp3) is 0.667. The summed E-state index contributed by atoms with van der Waals surface area (Å²) in [6.07, 6.45) is 1.40. The van der Waals surface area contributed by atoms with Crippen molar-refractivity contribution in [2.75, 3.05) is 5.32 Å². The number of hydrogen-bond donors (Lipinski definition) is 2. The number of carbonyl (C=O) groups is 1. The van der Waals surface area contributed by atoms with Crippen molar-refractivity contribution in [2.24, 2.45) is 7.05 Å². The van der Waals surface area contributed by atoms with Gasteiger partial charge in [-0.1, -0.05) is 20.3 Å². The van der Waals surface area contributed by atoms with Crippen molar-refractivity contribution in [1.29, 1.82) is 0 Å². The monoisotopic (exact) mass is 284 g/mol. The summed E-state index contributed by atoms with van der Waals surface area (Å²) in [5.41, 5.74) is -1.08. The van der Waals surface area contributed by atoms with Gasteiger partial charge >= 0.3 is 11.7 Å². The summed E-state index contributed by atoms with van der Waals surface area (Å²) in [5, 5.41) is 27.4. The maximum Gasteiger partial charge on any atom is 0.334 e. The Morgan fingerprint density at radius 2 is 2.15 bits per heavy atom. The predicted octanol–water partition coefficient (Wildman–Crippen LogP) is 1.95. The Bertz CT molecular complexity index is 526. The molecule has 1 aromatic rings. The second kappa shape index (κ2) is 5.89. The fourth-order valence-electron chi connectivity index (χ4n) is 2.12. The molecule has 8 nitrogen and oxygen atoms in total. The zero-order chi connectivity index (χ0) is 15.5. The normalized spacial score (nSPS) is 13.8. The zero-order valence-corrected chi connectivity index (χ0v) is 12.1. The molecule has 1 unspecified atom stereocenters. The van der Waals surface area contributed by atoms with Gasteiger partial charge in [0.1, 0.15) is 11.2 Å². The molecule has 0 aliphatic rings. The van der Waals surface area contributed by atoms with Crippen molar-refractivity contribution in [1.82, 2.24) is 9.78 Å². The van der Waals surface area contributed by atoms with Gasteiger partial charge in [-0.05, 0) is 19.8 Å². The maximum atomic E-state index is 11.4. The lowest BCUT2D eigenvalue weighted by Gasteiger charge is -2.26. The third-order valence-corrected chi connectivity index (χ3v) is 3.23. The zero-order valence-electron chi connectivity index (χ0n) is 12.1. The molecule has 0 spiro atoms. The Morgan fingerprint density at radius 1 is 1.55 bits per heavy atom. The molecule has 2 N–H and O–H groups in total. The number of carboxylic acid groups (broad SMARTS) is 1. The number of nitrogens with one attached hydrogen (secondary N) is 1. The summed E-state index contributed by atoms with van der Waals surface area (Å²) >= 11 is 0. The lowest BCUT2D eigenvalue weighted by Crippen LogP contribution is -2.43. The molecule has 0 amide bonds. The molecule has 1 rings (SSSR count). The molecule has 0 aliphatic heterocycles. The minimum absolute atomic E-state index is 0.130. The largest absolute Gasteiger partial charge is 0.480 e. The van der Waals surface area contributed by atoms with Gasteiger partial charge in [-0.3, -0.25) is 10.1 Å². The van der Waals surface area contributed by atoms with E-state index in [-0.39, 0.29) is 11.5 Å². The highest BCUT2D eigenvalue weighted by Gasteiger charge is 2.37. The number of hydrogen-bond acceptors (Lipinski definition) is 5. The third kappa shape index (κ3) is 2.89. The van der Waals surface area contributed by atoms with Gasteiger partial charge in [-0.15, -0.1) is 0 Å². The second-order valence-electron chi connectivity index (χ2n) is 4.89. The molecule has 8 heteroatoms. The van der Waals surface area contributed by atoms with E-state index in [0.717, 1.165) is 0 Å². The van der Waals surface area contributed by atoms with Crippen LogP contribution in [0, 0.1) is 10.1 Å². The summed E-state index contributed by atoms with van der Waals surface area (Å²) in [6.45, 7) is 5.14. The van der Waals surface area contributed by atoms with Crippen molar-refractivity contribution in [3.05, 3.63) is 15.8 Å². The quantitative estimate of drug-likeness (QED) is 0.585. The number of nitrogens with zero attached hydrogens (tertiary/aromatic N) is 3. The summed E-state index contributed by atoms with van der Waals surface area (Å²) in [7, 11) is 1.56. The molecular weight excluding hydrogens is 264 g/mol. The first kappa shape index (κ1) is 15.9. The topological polar surface area (TPSA) is 110 Å². The third-order valence-electron chi connectivity index (χ3n) is 3.23. The van der Waals surface area contributed by atoms with E-state index in [1.54, 1.807) is 14.0 Å². The van der Waals surface area contributed by atoms with E-state index in [9.17, 15) is 20.0 Å². The minimum atomic E-state index is -1.27. The average Bonchev–Trinajstić information content (AvgIpc) is 2.66. The number of aliphatic carboxylic acids is 1. The first-order valence-corrected chi connectivity index (χ1v) is 6.48. The van der Waals surface area contributed by atoms with Gasteiger partial charge in [0.2, 0.25) is 5.82 Å². The Kier molecular flexibility index (Phi) is 4.69. The fourth-order valence-corrected chi connectivity index (χ4v) is 2.12. The SMILES string of the molecule is CCCC(C)(Nc1c([N+](=O)[O-])c(CC)nn1C)C(=O)O. The van der Waals surface area contributed by atoms with E-state index in [2.05, 4.69) is 10.4 Å². The van der Waals surface area contributed by atoms with Crippen LogP contribution in [0.15, 0.2) is 0 Å². The summed E-state index contributed by atoms with van der Waals surface area (Å²) < 4.78 is 1.33. The van der Waals surface area contributed by atoms with Gasteiger partial charge in [0.05, 0.1) is 4.92 Å². The molecular formula is C12H20N4O4. The molecule has 0 saturated carbocycles. The molecule has 112 valence electrons. The van der Waals surface area contributed by atoms with Crippen molar-refractivity contribution in [2.45, 2.75) is 45.6 Å². The lowest BCUT2D eigenvalue weighted by molar-refractivity contribution is -0.384. The van der Waals surface area contributed by atoms with Crippen LogP contribution in [-0.2, 0) is 18.3 Å². The number of aryl methyl sites for hydroxylation is 2. The molecule has 0 aliphatic carbocycles. The first-order chi connectivity index (χ1) is 9.26. The smallest absolute Gasteiger partial charge is 0.334 e. The molecule has 0 saturated heterocycles. The average molecular weight is 284 g/mol. The van der Waals surface area contributed by atoms with Gasteiger partial charge in [0.15, 0.2) is 0 Å². The van der Waals surface area contributed by atoms with Gasteiger partial charge in [0, 0.05) is 7.05 Å². The van der Waals surface area contributed by atoms with Crippen molar-refractivity contribution in [3.8, 4) is 0 Å². The number of carboxylic acids is 1. The Balaban J connectivity index is 3.29. The number of aromatic nitrogens is 2. The van der Waals surface area contributed by atoms with Crippen LogP contribution in [0.3, 0.4) is 0 Å². The van der Waals surface area contributed by atoms with Gasteiger partial charge in [0.25, 0.3) is 0 Å². The van der Waals surface area contributed by atoms with Crippen LogP contribution in [0.4, 0.5) is 11.5 Å². The Morgan fingerprint density at radius 3 is 2.55 bits per heavy atom. The van der Waals surface area contributed by atoms with Crippen molar-refractivity contribution in [3.63, 3.8) is 0 Å². The molecule has 20 heavy (non-hydrogen) atoms. The molecule has 1 atom stereocenters. The second-order valence-corrected chi connectivity index (χ2v) is 4.89. The molecule has 0 aromatic carbocycles. The van der Waals surface area contributed by atoms with Gasteiger partial charge in [-0.25, -0.2) is 9.48 Å². The summed E-state index contributed by atoms with van der Waals surface area (Å²) in [5.74, 6) is -0.918. The highest BCUT2D eigenvalue weighted by atomic mass is 16.6. The van der Waals surface area contributed by atoms with E-state index in [4.69, 9.17) is 0 Å². The standard InChI is InChI=1S/C12H20N4O4/c1-5-7-12(3,11(17)18)13-10-9(16(19)20)8(6-2)14-15(10)4/h13H,5-7H2,1-4H3,(H,17,18). The van der Waals surface area contributed by atoms with Gasteiger partial charge < -0.3 is 10.4 Å². The Labute approximate surface area is 116 Å². The van der Waals surface area contributed by atoms with E-state index in [1.165, 1.54) is 11.6 Å². The highest BCUT2D eigenvalue weighted by Crippen LogP contribution is 2.32.